The Labute approximate surface area is 177 Å². The Balaban J connectivity index is 1.65. The summed E-state index contributed by atoms with van der Waals surface area (Å²) in [6.07, 6.45) is 3.21. The van der Waals surface area contributed by atoms with E-state index >= 15 is 0 Å². The summed E-state index contributed by atoms with van der Waals surface area (Å²) in [6, 6.07) is 11.5. The van der Waals surface area contributed by atoms with Gasteiger partial charge >= 0.3 is 0 Å². The molecule has 5 heteroatoms. The molecular formula is C25H31F3O2. The summed E-state index contributed by atoms with van der Waals surface area (Å²) in [5, 5.41) is 0. The molecule has 2 aromatic carbocycles. The summed E-state index contributed by atoms with van der Waals surface area (Å²) >= 11 is 0. The fraction of sp³-hybridized carbons (Fsp3) is 0.520. The van der Waals surface area contributed by atoms with Gasteiger partial charge in [0.15, 0.2) is 0 Å². The van der Waals surface area contributed by atoms with Crippen LogP contribution in [0, 0.1) is 5.82 Å². The summed E-state index contributed by atoms with van der Waals surface area (Å²) in [7, 11) is 0. The van der Waals surface area contributed by atoms with E-state index in [2.05, 4.69) is 31.2 Å². The summed E-state index contributed by atoms with van der Waals surface area (Å²) < 4.78 is 52.9. The molecule has 1 saturated heterocycles. The van der Waals surface area contributed by atoms with Crippen LogP contribution in [0.4, 0.5) is 13.2 Å². The van der Waals surface area contributed by atoms with Gasteiger partial charge in [-0.15, -0.1) is 0 Å². The topological polar surface area (TPSA) is 18.5 Å². The van der Waals surface area contributed by atoms with Crippen molar-refractivity contribution in [3.63, 3.8) is 0 Å². The summed E-state index contributed by atoms with van der Waals surface area (Å²) in [4.78, 5) is 0. The first kappa shape index (κ1) is 22.7. The van der Waals surface area contributed by atoms with Crippen LogP contribution in [0.5, 0.6) is 5.75 Å². The van der Waals surface area contributed by atoms with Gasteiger partial charge in [0, 0.05) is 5.92 Å². The van der Waals surface area contributed by atoms with E-state index in [0.717, 1.165) is 18.4 Å². The molecule has 0 radical (unpaired) electrons. The number of unbranched alkanes of at least 4 members (excludes halogenated alkanes) is 2. The second kappa shape index (κ2) is 10.9. The third-order valence-corrected chi connectivity index (χ3v) is 5.82. The van der Waals surface area contributed by atoms with Gasteiger partial charge in [-0.2, -0.15) is 0 Å². The SMILES string of the molecule is CCCCCc1ccc(C2CCC(c3ccc(OCC)c(C(F)F)c3F)CO2)cc1. The van der Waals surface area contributed by atoms with Crippen molar-refractivity contribution >= 4 is 0 Å². The van der Waals surface area contributed by atoms with Crippen molar-refractivity contribution in [1.82, 2.24) is 0 Å². The fourth-order valence-electron chi connectivity index (χ4n) is 4.13. The van der Waals surface area contributed by atoms with E-state index in [-0.39, 0.29) is 24.4 Å². The third kappa shape index (κ3) is 5.37. The molecule has 0 aliphatic carbocycles. The van der Waals surface area contributed by atoms with Gasteiger partial charge in [-0.25, -0.2) is 13.2 Å². The average molecular weight is 421 g/mol. The van der Waals surface area contributed by atoms with Gasteiger partial charge in [0.05, 0.1) is 24.9 Å². The van der Waals surface area contributed by atoms with Crippen molar-refractivity contribution in [1.29, 1.82) is 0 Å². The Morgan fingerprint density at radius 2 is 1.80 bits per heavy atom. The first-order valence-corrected chi connectivity index (χ1v) is 11.0. The van der Waals surface area contributed by atoms with Crippen LogP contribution in [-0.4, -0.2) is 13.2 Å². The molecule has 2 unspecified atom stereocenters. The number of alkyl halides is 2. The minimum Gasteiger partial charge on any atom is -0.493 e. The molecule has 0 N–H and O–H groups in total. The van der Waals surface area contributed by atoms with Crippen LogP contribution in [-0.2, 0) is 11.2 Å². The van der Waals surface area contributed by atoms with E-state index in [1.807, 2.05) is 0 Å². The molecule has 1 aliphatic rings. The first-order valence-electron chi connectivity index (χ1n) is 11.0. The van der Waals surface area contributed by atoms with Gasteiger partial charge in [-0.3, -0.25) is 0 Å². The van der Waals surface area contributed by atoms with Crippen molar-refractivity contribution in [3.05, 3.63) is 64.5 Å². The van der Waals surface area contributed by atoms with Gasteiger partial charge in [-0.1, -0.05) is 50.1 Å². The van der Waals surface area contributed by atoms with Crippen LogP contribution in [0.1, 0.15) is 86.7 Å². The zero-order valence-electron chi connectivity index (χ0n) is 17.8. The van der Waals surface area contributed by atoms with Gasteiger partial charge in [0.25, 0.3) is 6.43 Å². The molecular weight excluding hydrogens is 389 g/mol. The number of halogens is 3. The maximum Gasteiger partial charge on any atom is 0.270 e. The molecule has 164 valence electrons. The standard InChI is InChI=1S/C25H31F3O2/c1-3-5-6-7-17-8-10-18(11-9-17)21-14-12-19(16-30-21)20-13-15-22(29-4-2)23(24(20)26)25(27)28/h8-11,13,15,19,21,25H,3-7,12,14,16H2,1-2H3. The quantitative estimate of drug-likeness (QED) is 0.390. The van der Waals surface area contributed by atoms with E-state index in [1.165, 1.54) is 30.9 Å². The number of hydrogen-bond acceptors (Lipinski definition) is 2. The van der Waals surface area contributed by atoms with E-state index in [4.69, 9.17) is 9.47 Å². The lowest BCUT2D eigenvalue weighted by atomic mass is 9.88. The number of hydrogen-bond donors (Lipinski definition) is 0. The largest absolute Gasteiger partial charge is 0.493 e. The summed E-state index contributed by atoms with van der Waals surface area (Å²) in [5.41, 5.74) is 2.10. The highest BCUT2D eigenvalue weighted by molar-refractivity contribution is 5.41. The average Bonchev–Trinajstić information content (AvgIpc) is 2.75. The highest BCUT2D eigenvalue weighted by atomic mass is 19.3. The molecule has 2 atom stereocenters. The second-order valence-corrected chi connectivity index (χ2v) is 7.91. The third-order valence-electron chi connectivity index (χ3n) is 5.82. The maximum atomic E-state index is 14.9. The van der Waals surface area contributed by atoms with Crippen LogP contribution in [0.2, 0.25) is 0 Å². The monoisotopic (exact) mass is 420 g/mol. The molecule has 30 heavy (non-hydrogen) atoms. The van der Waals surface area contributed by atoms with Gasteiger partial charge < -0.3 is 9.47 Å². The van der Waals surface area contributed by atoms with Crippen LogP contribution in [0.25, 0.3) is 0 Å². The smallest absolute Gasteiger partial charge is 0.270 e. The lowest BCUT2D eigenvalue weighted by molar-refractivity contribution is 0.00155. The number of rotatable bonds is 9. The van der Waals surface area contributed by atoms with Crippen molar-refractivity contribution in [3.8, 4) is 5.75 Å². The molecule has 0 amide bonds. The Morgan fingerprint density at radius 1 is 1.03 bits per heavy atom. The van der Waals surface area contributed by atoms with Crippen molar-refractivity contribution in [2.45, 2.75) is 70.8 Å². The lowest BCUT2D eigenvalue weighted by Crippen LogP contribution is -2.21. The van der Waals surface area contributed by atoms with Crippen LogP contribution < -0.4 is 4.74 Å². The van der Waals surface area contributed by atoms with Crippen LogP contribution in [0.3, 0.4) is 0 Å². The summed E-state index contributed by atoms with van der Waals surface area (Å²) in [5.74, 6) is -1.18. The predicted molar refractivity (Wildman–Crippen MR) is 113 cm³/mol. The number of benzene rings is 2. The van der Waals surface area contributed by atoms with Gasteiger partial charge in [0.2, 0.25) is 0 Å². The molecule has 1 heterocycles. The molecule has 0 bridgehead atoms. The minimum absolute atomic E-state index is 0.0359. The Bertz CT molecular complexity index is 797. The number of aryl methyl sites for hydroxylation is 1. The maximum absolute atomic E-state index is 14.9. The molecule has 3 rings (SSSR count). The molecule has 0 aromatic heterocycles. The zero-order valence-corrected chi connectivity index (χ0v) is 17.8. The van der Waals surface area contributed by atoms with E-state index in [9.17, 15) is 13.2 Å². The van der Waals surface area contributed by atoms with Gasteiger partial charge in [0.1, 0.15) is 11.6 Å². The Kier molecular flexibility index (Phi) is 8.20. The predicted octanol–water partition coefficient (Wildman–Crippen LogP) is 7.53. The Morgan fingerprint density at radius 3 is 2.40 bits per heavy atom. The van der Waals surface area contributed by atoms with E-state index in [1.54, 1.807) is 13.0 Å². The summed E-state index contributed by atoms with van der Waals surface area (Å²) in [6.45, 7) is 4.42. The molecule has 1 fully saturated rings. The highest BCUT2D eigenvalue weighted by Gasteiger charge is 2.30. The molecule has 0 saturated carbocycles. The first-order chi connectivity index (χ1) is 14.5. The number of ether oxygens (including phenoxy) is 2. The minimum atomic E-state index is -2.92. The zero-order chi connectivity index (χ0) is 21.5. The van der Waals surface area contributed by atoms with Crippen molar-refractivity contribution in [2.75, 3.05) is 13.2 Å². The Hall–Kier alpha value is -2.01. The highest BCUT2D eigenvalue weighted by Crippen LogP contribution is 2.40. The van der Waals surface area contributed by atoms with Crippen molar-refractivity contribution < 1.29 is 22.6 Å². The molecule has 2 aromatic rings. The van der Waals surface area contributed by atoms with Crippen molar-refractivity contribution in [2.24, 2.45) is 0 Å². The lowest BCUT2D eigenvalue weighted by Gasteiger charge is -2.30. The van der Waals surface area contributed by atoms with Gasteiger partial charge in [-0.05, 0) is 55.4 Å². The normalized spacial score (nSPS) is 19.3. The molecule has 1 aliphatic heterocycles. The molecule has 2 nitrogen and oxygen atoms in total. The molecule has 0 spiro atoms. The van der Waals surface area contributed by atoms with Crippen LogP contribution >= 0.6 is 0 Å². The second-order valence-electron chi connectivity index (χ2n) is 7.91. The fourth-order valence-corrected chi connectivity index (χ4v) is 4.13. The van der Waals surface area contributed by atoms with Crippen LogP contribution in [0.15, 0.2) is 36.4 Å². The van der Waals surface area contributed by atoms with E-state index < -0.39 is 17.8 Å². The van der Waals surface area contributed by atoms with E-state index in [0.29, 0.717) is 18.6 Å².